The van der Waals surface area contributed by atoms with Crippen molar-refractivity contribution < 1.29 is 4.39 Å². The first-order valence-electron chi connectivity index (χ1n) is 11.2. The number of benzene rings is 1. The molecule has 1 nitrogen and oxygen atoms in total. The van der Waals surface area contributed by atoms with E-state index >= 15 is 0 Å². The zero-order valence-corrected chi connectivity index (χ0v) is 17.9. The highest BCUT2D eigenvalue weighted by Gasteiger charge is 2.40. The molecule has 0 N–H and O–H groups in total. The van der Waals surface area contributed by atoms with Gasteiger partial charge in [-0.1, -0.05) is 33.8 Å². The van der Waals surface area contributed by atoms with Gasteiger partial charge in [-0.3, -0.25) is 0 Å². The molecule has 2 heteroatoms. The van der Waals surface area contributed by atoms with E-state index in [1.54, 1.807) is 6.07 Å². The molecular weight excluding hydrogens is 333 g/mol. The Morgan fingerprint density at radius 2 is 1.52 bits per heavy atom. The van der Waals surface area contributed by atoms with Crippen LogP contribution in [0.1, 0.15) is 95.6 Å². The second-order valence-electron chi connectivity index (χ2n) is 11.4. The zero-order chi connectivity index (χ0) is 19.2. The lowest BCUT2D eigenvalue weighted by Crippen LogP contribution is -2.35. The van der Waals surface area contributed by atoms with Gasteiger partial charge in [0.05, 0.1) is 0 Å². The Morgan fingerprint density at radius 1 is 0.889 bits per heavy atom. The third-order valence-corrected chi connectivity index (χ3v) is 7.28. The fraction of sp³-hybridized carbons (Fsp3) is 0.760. The summed E-state index contributed by atoms with van der Waals surface area (Å²) in [6, 6.07) is 5.71. The number of halogens is 1. The molecule has 1 aromatic rings. The molecule has 0 aromatic heterocycles. The van der Waals surface area contributed by atoms with E-state index in [1.807, 2.05) is 6.07 Å². The van der Waals surface area contributed by atoms with Gasteiger partial charge in [-0.2, -0.15) is 0 Å². The van der Waals surface area contributed by atoms with Crippen LogP contribution >= 0.6 is 0 Å². The van der Waals surface area contributed by atoms with Gasteiger partial charge in [0.1, 0.15) is 5.82 Å². The summed E-state index contributed by atoms with van der Waals surface area (Å²) in [6.07, 6.45) is 9.01. The minimum absolute atomic E-state index is 0.0523. The van der Waals surface area contributed by atoms with E-state index in [4.69, 9.17) is 0 Å². The molecule has 27 heavy (non-hydrogen) atoms. The Hall–Kier alpha value is -0.890. The van der Waals surface area contributed by atoms with E-state index in [9.17, 15) is 4.39 Å². The van der Waals surface area contributed by atoms with E-state index in [0.717, 1.165) is 5.92 Å². The predicted octanol–water partition coefficient (Wildman–Crippen LogP) is 6.74. The first kappa shape index (κ1) is 19.4. The molecule has 0 radical (unpaired) electrons. The minimum atomic E-state index is -0.0523. The highest BCUT2D eigenvalue weighted by molar-refractivity contribution is 5.35. The zero-order valence-electron chi connectivity index (χ0n) is 17.9. The summed E-state index contributed by atoms with van der Waals surface area (Å²) >= 11 is 0. The molecule has 1 aromatic carbocycles. The summed E-state index contributed by atoms with van der Waals surface area (Å²) in [5, 5.41) is 0. The summed E-state index contributed by atoms with van der Waals surface area (Å²) in [4.78, 5) is 2.65. The van der Waals surface area contributed by atoms with Gasteiger partial charge >= 0.3 is 0 Å². The first-order chi connectivity index (χ1) is 12.7. The van der Waals surface area contributed by atoms with Gasteiger partial charge in [0.15, 0.2) is 0 Å². The van der Waals surface area contributed by atoms with Crippen molar-refractivity contribution in [1.82, 2.24) is 4.90 Å². The van der Waals surface area contributed by atoms with Gasteiger partial charge in [0, 0.05) is 6.54 Å². The number of rotatable bonds is 4. The number of hydrogen-bond acceptors (Lipinski definition) is 1. The van der Waals surface area contributed by atoms with E-state index in [2.05, 4.69) is 38.7 Å². The molecule has 0 unspecified atom stereocenters. The molecule has 0 amide bonds. The molecule has 1 aliphatic heterocycles. The average Bonchev–Trinajstić information content (AvgIpc) is 3.36. The molecule has 150 valence electrons. The number of piperidine rings is 1. The number of nitrogens with zero attached hydrogens (tertiary/aromatic N) is 1. The summed E-state index contributed by atoms with van der Waals surface area (Å²) in [6.45, 7) is 13.4. The molecular formula is C25H38FN. The molecule has 3 aliphatic rings. The van der Waals surface area contributed by atoms with Gasteiger partial charge in [-0.15, -0.1) is 0 Å². The van der Waals surface area contributed by atoms with Crippen LogP contribution < -0.4 is 0 Å². The van der Waals surface area contributed by atoms with Crippen molar-refractivity contribution in [3.63, 3.8) is 0 Å². The number of hydrogen-bond donors (Lipinski definition) is 0. The maximum absolute atomic E-state index is 14.2. The summed E-state index contributed by atoms with van der Waals surface area (Å²) in [5.41, 5.74) is 3.52. The van der Waals surface area contributed by atoms with E-state index in [-0.39, 0.29) is 5.82 Å². The van der Waals surface area contributed by atoms with Crippen molar-refractivity contribution in [1.29, 1.82) is 0 Å². The van der Waals surface area contributed by atoms with Crippen LogP contribution in [0.5, 0.6) is 0 Å². The Balaban J connectivity index is 1.54. The van der Waals surface area contributed by atoms with Crippen LogP contribution in [-0.2, 0) is 0 Å². The quantitative estimate of drug-likeness (QED) is 0.567. The first-order valence-corrected chi connectivity index (χ1v) is 11.2. The van der Waals surface area contributed by atoms with Gasteiger partial charge in [0.2, 0.25) is 0 Å². The van der Waals surface area contributed by atoms with Crippen LogP contribution in [0.4, 0.5) is 4.39 Å². The largest absolute Gasteiger partial charge is 0.303 e. The summed E-state index contributed by atoms with van der Waals surface area (Å²) in [7, 11) is 0. The predicted molar refractivity (Wildman–Crippen MR) is 112 cm³/mol. The molecule has 0 spiro atoms. The minimum Gasteiger partial charge on any atom is -0.303 e. The molecule has 2 saturated carbocycles. The van der Waals surface area contributed by atoms with Crippen LogP contribution in [0.15, 0.2) is 18.2 Å². The summed E-state index contributed by atoms with van der Waals surface area (Å²) in [5.74, 6) is 2.03. The molecule has 3 fully saturated rings. The molecule has 2 aliphatic carbocycles. The molecule has 1 saturated heterocycles. The smallest absolute Gasteiger partial charge is 0.123 e. The standard InChI is InChI=1S/C25H38FN/c1-24(2)14-20(15-25(3,4)17-24)22-8-7-21(26)13-23(22)19-9-11-27(12-10-19)16-18-5-6-18/h7-8,13,18-20H,5-6,9-12,14-17H2,1-4H3. The topological polar surface area (TPSA) is 3.24 Å². The highest BCUT2D eigenvalue weighted by Crippen LogP contribution is 2.53. The average molecular weight is 372 g/mol. The number of likely N-dealkylation sites (tertiary alicyclic amines) is 1. The Bertz CT molecular complexity index is 649. The van der Waals surface area contributed by atoms with Gasteiger partial charge in [-0.05, 0) is 110 Å². The van der Waals surface area contributed by atoms with E-state index in [0.29, 0.717) is 22.7 Å². The maximum atomic E-state index is 14.2. The molecule has 1 heterocycles. The van der Waals surface area contributed by atoms with Crippen molar-refractivity contribution in [3.05, 3.63) is 35.1 Å². The van der Waals surface area contributed by atoms with E-state index < -0.39 is 0 Å². The monoisotopic (exact) mass is 371 g/mol. The summed E-state index contributed by atoms with van der Waals surface area (Å²) < 4.78 is 14.2. The van der Waals surface area contributed by atoms with Crippen molar-refractivity contribution >= 4 is 0 Å². The van der Waals surface area contributed by atoms with Gasteiger partial charge in [0.25, 0.3) is 0 Å². The maximum Gasteiger partial charge on any atom is 0.123 e. The Labute approximate surface area is 165 Å². The SMILES string of the molecule is CC1(C)CC(c2ccc(F)cc2C2CCN(CC3CC3)CC2)CC(C)(C)C1. The third-order valence-electron chi connectivity index (χ3n) is 7.28. The van der Waals surface area contributed by atoms with Crippen molar-refractivity contribution in [2.75, 3.05) is 19.6 Å². The van der Waals surface area contributed by atoms with Gasteiger partial charge in [-0.25, -0.2) is 4.39 Å². The Kier molecular flexibility index (Phi) is 5.16. The van der Waals surface area contributed by atoms with Crippen molar-refractivity contribution in [3.8, 4) is 0 Å². The van der Waals surface area contributed by atoms with Crippen LogP contribution in [0.25, 0.3) is 0 Å². The van der Waals surface area contributed by atoms with Crippen LogP contribution in [0, 0.1) is 22.6 Å². The van der Waals surface area contributed by atoms with Crippen LogP contribution in [-0.4, -0.2) is 24.5 Å². The lowest BCUT2D eigenvalue weighted by atomic mass is 9.59. The van der Waals surface area contributed by atoms with Crippen molar-refractivity contribution in [2.45, 2.75) is 84.5 Å². The van der Waals surface area contributed by atoms with Gasteiger partial charge < -0.3 is 4.90 Å². The fourth-order valence-electron chi connectivity index (χ4n) is 6.43. The Morgan fingerprint density at radius 3 is 2.11 bits per heavy atom. The normalized spacial score (nSPS) is 27.0. The van der Waals surface area contributed by atoms with E-state index in [1.165, 1.54) is 75.7 Å². The molecule has 4 rings (SSSR count). The second kappa shape index (κ2) is 7.17. The lowest BCUT2D eigenvalue weighted by molar-refractivity contribution is 0.0962. The molecule has 0 bridgehead atoms. The van der Waals surface area contributed by atoms with Crippen LogP contribution in [0.3, 0.4) is 0 Å². The fourth-order valence-corrected chi connectivity index (χ4v) is 6.43. The van der Waals surface area contributed by atoms with Crippen molar-refractivity contribution in [2.24, 2.45) is 16.7 Å². The highest BCUT2D eigenvalue weighted by atomic mass is 19.1. The lowest BCUT2D eigenvalue weighted by Gasteiger charge is -2.46. The molecule has 0 atom stereocenters. The van der Waals surface area contributed by atoms with Crippen LogP contribution in [0.2, 0.25) is 0 Å². The third kappa shape index (κ3) is 4.75. The second-order valence-corrected chi connectivity index (χ2v) is 11.4.